The molecular weight excluding hydrogens is 627 g/mol. The largest absolute Gasteiger partial charge is 0.366 e. The number of hydrogen-bond donors (Lipinski definition) is 2. The number of nitrogens with zero attached hydrogens (tertiary/aromatic N) is 6. The molecule has 1 aromatic carbocycles. The normalized spacial score (nSPS) is 26.5. The second kappa shape index (κ2) is 14.0. The van der Waals surface area contributed by atoms with E-state index >= 15 is 0 Å². The molecule has 1 amide bonds. The van der Waals surface area contributed by atoms with Gasteiger partial charge < -0.3 is 20.7 Å². The fourth-order valence-electron chi connectivity index (χ4n) is 6.98. The highest BCUT2D eigenvalue weighted by molar-refractivity contribution is 6.42. The number of piperidine rings is 1. The highest BCUT2D eigenvalue weighted by Crippen LogP contribution is 2.42. The van der Waals surface area contributed by atoms with Crippen LogP contribution in [0, 0.1) is 0 Å². The summed E-state index contributed by atoms with van der Waals surface area (Å²) < 4.78 is 6.53. The molecule has 0 spiro atoms. The molecule has 46 heavy (non-hydrogen) atoms. The van der Waals surface area contributed by atoms with E-state index in [0.717, 1.165) is 69.7 Å². The van der Waals surface area contributed by atoms with Gasteiger partial charge in [-0.05, 0) is 55.7 Å². The smallest absolute Gasteiger partial charge is 0.248 e. The van der Waals surface area contributed by atoms with Crippen LogP contribution >= 0.6 is 23.2 Å². The first kappa shape index (κ1) is 32.9. The molecule has 11 nitrogen and oxygen atoms in total. The fraction of sp³-hybridized carbons (Fsp3) is 0.485. The van der Waals surface area contributed by atoms with Crippen molar-refractivity contribution in [2.24, 2.45) is 5.73 Å². The number of carbonyl (C=O) groups excluding carboxylic acids is 1. The van der Waals surface area contributed by atoms with Gasteiger partial charge in [0, 0.05) is 64.3 Å². The van der Waals surface area contributed by atoms with Crippen LogP contribution in [0.25, 0.3) is 0 Å². The van der Waals surface area contributed by atoms with E-state index in [1.165, 1.54) is 6.33 Å². The number of primary amides is 1. The van der Waals surface area contributed by atoms with Crippen LogP contribution in [0.15, 0.2) is 66.2 Å². The van der Waals surface area contributed by atoms with E-state index < -0.39 is 11.6 Å². The number of methoxy groups -OCH3 is 1. The Balaban J connectivity index is 1.33. The maximum absolute atomic E-state index is 12.2. The molecule has 13 heteroatoms. The third-order valence-corrected chi connectivity index (χ3v) is 10.3. The molecule has 1 aromatic heterocycles. The quantitative estimate of drug-likeness (QED) is 0.364. The molecule has 3 fully saturated rings. The summed E-state index contributed by atoms with van der Waals surface area (Å²) in [4.78, 5) is 34.8. The van der Waals surface area contributed by atoms with Crippen LogP contribution in [0.2, 0.25) is 10.0 Å². The summed E-state index contributed by atoms with van der Waals surface area (Å²) in [6.45, 7) is 9.41. The second-order valence-electron chi connectivity index (χ2n) is 12.3. The zero-order chi connectivity index (χ0) is 32.4. The number of ether oxygens (including phenoxy) is 1. The van der Waals surface area contributed by atoms with Crippen molar-refractivity contribution < 1.29 is 14.4 Å². The van der Waals surface area contributed by atoms with Crippen LogP contribution in [-0.2, 0) is 14.4 Å². The van der Waals surface area contributed by atoms with Gasteiger partial charge in [-0.3, -0.25) is 19.4 Å². The number of halogens is 2. The van der Waals surface area contributed by atoms with Crippen molar-refractivity contribution in [1.82, 2.24) is 24.7 Å². The Morgan fingerprint density at radius 2 is 1.91 bits per heavy atom. The van der Waals surface area contributed by atoms with Crippen molar-refractivity contribution >= 4 is 40.7 Å². The molecule has 1 aliphatic carbocycles. The lowest BCUT2D eigenvalue weighted by atomic mass is 9.88. The minimum Gasteiger partial charge on any atom is -0.366 e. The lowest BCUT2D eigenvalue weighted by molar-refractivity contribution is -0.168. The van der Waals surface area contributed by atoms with Crippen molar-refractivity contribution in [3.05, 3.63) is 81.8 Å². The molecule has 6 rings (SSSR count). The Morgan fingerprint density at radius 3 is 2.65 bits per heavy atom. The maximum Gasteiger partial charge on any atom is 0.248 e. The number of nitrogens with one attached hydrogen (secondary N) is 1. The summed E-state index contributed by atoms with van der Waals surface area (Å²) in [5.74, 6) is 0.583. The monoisotopic (exact) mass is 668 g/mol. The molecule has 2 unspecified atom stereocenters. The van der Waals surface area contributed by atoms with Gasteiger partial charge in [-0.2, -0.15) is 0 Å². The minimum absolute atomic E-state index is 0.101. The molecule has 4 aliphatic rings. The number of nitrogens with two attached hydrogens (primary N) is 1. The van der Waals surface area contributed by atoms with Gasteiger partial charge in [0.05, 0.1) is 34.6 Å². The fourth-order valence-corrected chi connectivity index (χ4v) is 7.29. The van der Waals surface area contributed by atoms with E-state index in [2.05, 4.69) is 43.6 Å². The Kier molecular flexibility index (Phi) is 10.0. The lowest BCUT2D eigenvalue weighted by Gasteiger charge is -2.54. The lowest BCUT2D eigenvalue weighted by Crippen LogP contribution is -2.65. The van der Waals surface area contributed by atoms with E-state index in [-0.39, 0.29) is 17.8 Å². The van der Waals surface area contributed by atoms with Crippen molar-refractivity contribution in [2.45, 2.75) is 50.0 Å². The number of hydroxylamine groups is 1. The molecule has 3 saturated heterocycles. The molecule has 3 aliphatic heterocycles. The zero-order valence-corrected chi connectivity index (χ0v) is 27.9. The van der Waals surface area contributed by atoms with Gasteiger partial charge in [-0.1, -0.05) is 41.9 Å². The van der Waals surface area contributed by atoms with Crippen LogP contribution in [0.3, 0.4) is 0 Å². The number of likely N-dealkylation sites (tertiary alicyclic amines) is 1. The summed E-state index contributed by atoms with van der Waals surface area (Å²) in [6, 6.07) is 7.37. The van der Waals surface area contributed by atoms with Crippen LogP contribution in [-0.4, -0.2) is 96.0 Å². The Bertz CT molecular complexity index is 1530. The SMILES string of the molecule is C=C(C(N)=O)C1=CCC(OC)(N2CCCCC2N2CCN(C)CC2)C(Nc2cc(N3OCC[C@@H]3c3ccc(Cl)c(Cl)c3)ncn2)=C1. The number of amides is 1. The number of piperazine rings is 1. The Labute approximate surface area is 280 Å². The molecule has 3 atom stereocenters. The van der Waals surface area contributed by atoms with Gasteiger partial charge in [0.25, 0.3) is 0 Å². The standard InChI is InChI=1S/C33H42Cl2N8O3/c1-22(32(36)44)23-9-11-33(45-3,42-12-5-4-6-31(42)41-15-13-40(2)14-16-41)28(19-23)39-29-20-30(38-21-37-29)43-27(10-17-46-43)24-7-8-25(34)26(35)18-24/h7-9,18-21,27,31H,1,4-6,10-17H2,2-3H3,(H2,36,44)(H,37,38,39)/t27-,31?,33?/m1/s1. The predicted octanol–water partition coefficient (Wildman–Crippen LogP) is 4.74. The molecule has 3 N–H and O–H groups in total. The molecule has 2 aromatic rings. The van der Waals surface area contributed by atoms with Crippen molar-refractivity contribution in [3.63, 3.8) is 0 Å². The van der Waals surface area contributed by atoms with Gasteiger partial charge in [0.15, 0.2) is 11.5 Å². The van der Waals surface area contributed by atoms with Crippen LogP contribution in [0.4, 0.5) is 11.6 Å². The van der Waals surface area contributed by atoms with Gasteiger partial charge in [0.1, 0.15) is 12.1 Å². The zero-order valence-electron chi connectivity index (χ0n) is 26.4. The van der Waals surface area contributed by atoms with Gasteiger partial charge >= 0.3 is 0 Å². The van der Waals surface area contributed by atoms with Gasteiger partial charge in [-0.15, -0.1) is 0 Å². The van der Waals surface area contributed by atoms with Crippen molar-refractivity contribution in [1.29, 1.82) is 0 Å². The number of benzene rings is 1. The van der Waals surface area contributed by atoms with E-state index in [1.807, 2.05) is 30.4 Å². The molecule has 0 bridgehead atoms. The highest BCUT2D eigenvalue weighted by atomic mass is 35.5. The number of allylic oxidation sites excluding steroid dienone is 1. The second-order valence-corrected chi connectivity index (χ2v) is 13.1. The van der Waals surface area contributed by atoms with E-state index in [9.17, 15) is 4.79 Å². The van der Waals surface area contributed by atoms with Gasteiger partial charge in [0.2, 0.25) is 5.91 Å². The predicted molar refractivity (Wildman–Crippen MR) is 180 cm³/mol. The van der Waals surface area contributed by atoms with Crippen LogP contribution in [0.5, 0.6) is 0 Å². The van der Waals surface area contributed by atoms with E-state index in [0.29, 0.717) is 40.3 Å². The van der Waals surface area contributed by atoms with Crippen molar-refractivity contribution in [3.8, 4) is 0 Å². The van der Waals surface area contributed by atoms with Crippen molar-refractivity contribution in [2.75, 3.05) is 63.9 Å². The Hall–Kier alpha value is -3.03. The first-order valence-corrected chi connectivity index (χ1v) is 16.6. The molecule has 0 radical (unpaired) electrons. The molecule has 246 valence electrons. The number of hydrogen-bond acceptors (Lipinski definition) is 10. The Morgan fingerprint density at radius 1 is 1.11 bits per heavy atom. The number of likely N-dealkylation sites (N-methyl/N-ethyl adjacent to an activating group) is 1. The topological polar surface area (TPSA) is 112 Å². The number of aromatic nitrogens is 2. The summed E-state index contributed by atoms with van der Waals surface area (Å²) >= 11 is 12.5. The number of anilines is 2. The highest BCUT2D eigenvalue weighted by Gasteiger charge is 2.48. The first-order chi connectivity index (χ1) is 22.2. The van der Waals surface area contributed by atoms with E-state index in [4.69, 9.17) is 38.5 Å². The van der Waals surface area contributed by atoms with Crippen LogP contribution < -0.4 is 16.1 Å². The summed E-state index contributed by atoms with van der Waals surface area (Å²) in [6.07, 6.45) is 10.2. The summed E-state index contributed by atoms with van der Waals surface area (Å²) in [5.41, 5.74) is 7.47. The third kappa shape index (κ3) is 6.55. The maximum atomic E-state index is 12.2. The molecular formula is C33H42Cl2N8O3. The third-order valence-electron chi connectivity index (χ3n) is 9.57. The molecule has 4 heterocycles. The average molecular weight is 670 g/mol. The summed E-state index contributed by atoms with van der Waals surface area (Å²) in [7, 11) is 3.92. The molecule has 0 saturated carbocycles. The van der Waals surface area contributed by atoms with Gasteiger partial charge in [-0.25, -0.2) is 15.0 Å². The summed E-state index contributed by atoms with van der Waals surface area (Å²) in [5, 5.41) is 6.36. The first-order valence-electron chi connectivity index (χ1n) is 15.8. The number of rotatable bonds is 9. The number of carbonyl (C=O) groups is 1. The average Bonchev–Trinajstić information content (AvgIpc) is 3.57. The van der Waals surface area contributed by atoms with E-state index in [1.54, 1.807) is 18.2 Å². The minimum atomic E-state index is -0.840. The van der Waals surface area contributed by atoms with Crippen LogP contribution in [0.1, 0.15) is 43.7 Å².